The molecular weight excluding hydrogens is 234 g/mol. The maximum atomic E-state index is 5.36. The number of furan rings is 1. The van der Waals surface area contributed by atoms with Crippen molar-refractivity contribution in [2.24, 2.45) is 0 Å². The van der Waals surface area contributed by atoms with E-state index in [1.807, 2.05) is 12.1 Å². The van der Waals surface area contributed by atoms with Crippen molar-refractivity contribution >= 4 is 0 Å². The van der Waals surface area contributed by atoms with Crippen LogP contribution in [0.3, 0.4) is 0 Å². The van der Waals surface area contributed by atoms with Crippen LogP contribution in [0.1, 0.15) is 36.3 Å². The largest absolute Gasteiger partial charge is 0.468 e. The van der Waals surface area contributed by atoms with Gasteiger partial charge in [-0.2, -0.15) is 0 Å². The van der Waals surface area contributed by atoms with E-state index in [-0.39, 0.29) is 6.04 Å². The number of benzene rings is 1. The van der Waals surface area contributed by atoms with Crippen LogP contribution in [0.15, 0.2) is 59.2 Å². The predicted molar refractivity (Wildman–Crippen MR) is 78.9 cm³/mol. The van der Waals surface area contributed by atoms with E-state index in [1.54, 1.807) is 6.26 Å². The van der Waals surface area contributed by atoms with E-state index in [1.165, 1.54) is 16.7 Å². The summed E-state index contributed by atoms with van der Waals surface area (Å²) < 4.78 is 5.36. The van der Waals surface area contributed by atoms with Gasteiger partial charge in [0.25, 0.3) is 0 Å². The van der Waals surface area contributed by atoms with E-state index < -0.39 is 0 Å². The molecule has 2 heteroatoms. The molecule has 1 N–H and O–H groups in total. The lowest BCUT2D eigenvalue weighted by atomic mass is 9.99. The minimum absolute atomic E-state index is 0.281. The number of rotatable bonds is 6. The lowest BCUT2D eigenvalue weighted by molar-refractivity contribution is 0.447. The van der Waals surface area contributed by atoms with Gasteiger partial charge in [0.2, 0.25) is 0 Å². The minimum Gasteiger partial charge on any atom is -0.468 e. The van der Waals surface area contributed by atoms with Crippen LogP contribution in [-0.2, 0) is 6.54 Å². The summed E-state index contributed by atoms with van der Waals surface area (Å²) in [4.78, 5) is 0. The highest BCUT2D eigenvalue weighted by Gasteiger charge is 2.11. The first kappa shape index (κ1) is 13.6. The Bertz CT molecular complexity index is 511. The molecule has 0 radical (unpaired) electrons. The van der Waals surface area contributed by atoms with Gasteiger partial charge < -0.3 is 9.73 Å². The SMILES string of the molecule is C=C(C)C[C@@H](NCc1ccco1)c1ccc(C)cc1. The molecule has 0 aliphatic heterocycles. The maximum absolute atomic E-state index is 5.36. The average Bonchev–Trinajstić information content (AvgIpc) is 2.88. The third-order valence-corrected chi connectivity index (χ3v) is 3.14. The van der Waals surface area contributed by atoms with Gasteiger partial charge in [-0.25, -0.2) is 0 Å². The monoisotopic (exact) mass is 255 g/mol. The Labute approximate surface area is 115 Å². The Morgan fingerprint density at radius 3 is 2.58 bits per heavy atom. The zero-order chi connectivity index (χ0) is 13.7. The Morgan fingerprint density at radius 1 is 1.26 bits per heavy atom. The van der Waals surface area contributed by atoms with Crippen molar-refractivity contribution < 1.29 is 4.42 Å². The van der Waals surface area contributed by atoms with Crippen molar-refractivity contribution in [3.63, 3.8) is 0 Å². The van der Waals surface area contributed by atoms with Crippen molar-refractivity contribution in [1.29, 1.82) is 0 Å². The molecule has 0 bridgehead atoms. The van der Waals surface area contributed by atoms with Crippen molar-refractivity contribution in [3.8, 4) is 0 Å². The third kappa shape index (κ3) is 4.11. The second-order valence-electron chi connectivity index (χ2n) is 5.08. The predicted octanol–water partition coefficient (Wildman–Crippen LogP) is 4.39. The first-order valence-electron chi connectivity index (χ1n) is 6.62. The molecule has 2 aromatic rings. The van der Waals surface area contributed by atoms with Crippen LogP contribution in [0.25, 0.3) is 0 Å². The summed E-state index contributed by atoms with van der Waals surface area (Å²) in [5.41, 5.74) is 3.75. The second-order valence-corrected chi connectivity index (χ2v) is 5.08. The summed E-state index contributed by atoms with van der Waals surface area (Å²) in [6.45, 7) is 8.92. The van der Waals surface area contributed by atoms with Gasteiger partial charge in [0, 0.05) is 6.04 Å². The van der Waals surface area contributed by atoms with Crippen molar-refractivity contribution in [2.75, 3.05) is 0 Å². The van der Waals surface area contributed by atoms with Crippen LogP contribution in [0, 0.1) is 6.92 Å². The van der Waals surface area contributed by atoms with Gasteiger partial charge in [-0.3, -0.25) is 0 Å². The van der Waals surface area contributed by atoms with Crippen molar-refractivity contribution in [3.05, 3.63) is 71.7 Å². The zero-order valence-corrected chi connectivity index (χ0v) is 11.6. The summed E-state index contributed by atoms with van der Waals surface area (Å²) >= 11 is 0. The third-order valence-electron chi connectivity index (χ3n) is 3.14. The van der Waals surface area contributed by atoms with E-state index in [4.69, 9.17) is 4.42 Å². The van der Waals surface area contributed by atoms with E-state index in [0.29, 0.717) is 0 Å². The topological polar surface area (TPSA) is 25.2 Å². The van der Waals surface area contributed by atoms with Gasteiger partial charge >= 0.3 is 0 Å². The Morgan fingerprint density at radius 2 is 2.00 bits per heavy atom. The van der Waals surface area contributed by atoms with E-state index >= 15 is 0 Å². The molecule has 0 unspecified atom stereocenters. The van der Waals surface area contributed by atoms with E-state index in [2.05, 4.69) is 50.0 Å². The summed E-state index contributed by atoms with van der Waals surface area (Å²) in [6, 6.07) is 12.8. The van der Waals surface area contributed by atoms with Crippen LogP contribution in [0.4, 0.5) is 0 Å². The van der Waals surface area contributed by atoms with Gasteiger partial charge in [-0.05, 0) is 38.0 Å². The molecule has 0 amide bonds. The molecule has 0 aliphatic rings. The number of hydrogen-bond donors (Lipinski definition) is 1. The van der Waals surface area contributed by atoms with Gasteiger partial charge in [0.15, 0.2) is 0 Å². The maximum Gasteiger partial charge on any atom is 0.117 e. The average molecular weight is 255 g/mol. The molecule has 100 valence electrons. The molecule has 1 aromatic heterocycles. The fraction of sp³-hybridized carbons (Fsp3) is 0.294. The summed E-state index contributed by atoms with van der Waals surface area (Å²) in [7, 11) is 0. The molecule has 2 nitrogen and oxygen atoms in total. The molecule has 0 saturated carbocycles. The Kier molecular flexibility index (Phi) is 4.58. The van der Waals surface area contributed by atoms with Gasteiger partial charge in [-0.1, -0.05) is 35.4 Å². The number of nitrogens with one attached hydrogen (secondary N) is 1. The van der Waals surface area contributed by atoms with Crippen molar-refractivity contribution in [1.82, 2.24) is 5.32 Å². The Hall–Kier alpha value is -1.80. The van der Waals surface area contributed by atoms with Crippen LogP contribution in [-0.4, -0.2) is 0 Å². The fourth-order valence-electron chi connectivity index (χ4n) is 2.09. The Balaban J connectivity index is 2.06. The quantitative estimate of drug-likeness (QED) is 0.775. The van der Waals surface area contributed by atoms with Crippen LogP contribution >= 0.6 is 0 Å². The molecule has 2 rings (SSSR count). The normalized spacial score (nSPS) is 12.3. The minimum atomic E-state index is 0.281. The highest BCUT2D eigenvalue weighted by atomic mass is 16.3. The highest BCUT2D eigenvalue weighted by molar-refractivity contribution is 5.25. The lowest BCUT2D eigenvalue weighted by Gasteiger charge is -2.19. The van der Waals surface area contributed by atoms with Crippen LogP contribution in [0.2, 0.25) is 0 Å². The highest BCUT2D eigenvalue weighted by Crippen LogP contribution is 2.21. The van der Waals surface area contributed by atoms with Gasteiger partial charge in [0.05, 0.1) is 12.8 Å². The molecule has 0 fully saturated rings. The fourth-order valence-corrected chi connectivity index (χ4v) is 2.09. The molecule has 19 heavy (non-hydrogen) atoms. The van der Waals surface area contributed by atoms with E-state index in [9.17, 15) is 0 Å². The standard InChI is InChI=1S/C17H21NO/c1-13(2)11-17(15-8-6-14(3)7-9-15)18-12-16-5-4-10-19-16/h4-10,17-18H,1,11-12H2,2-3H3/t17-/m1/s1. The van der Waals surface area contributed by atoms with Crippen molar-refractivity contribution in [2.45, 2.75) is 32.9 Å². The van der Waals surface area contributed by atoms with Gasteiger partial charge in [0.1, 0.15) is 5.76 Å². The summed E-state index contributed by atoms with van der Waals surface area (Å²) in [6.07, 6.45) is 2.64. The van der Waals surface area contributed by atoms with E-state index in [0.717, 1.165) is 18.7 Å². The second kappa shape index (κ2) is 6.39. The molecule has 1 atom stereocenters. The summed E-state index contributed by atoms with van der Waals surface area (Å²) in [5.74, 6) is 0.957. The molecule has 1 heterocycles. The molecule has 0 spiro atoms. The molecular formula is C17H21NO. The van der Waals surface area contributed by atoms with Crippen LogP contribution < -0.4 is 5.32 Å². The molecule has 1 aromatic carbocycles. The number of aryl methyl sites for hydroxylation is 1. The number of hydrogen-bond acceptors (Lipinski definition) is 2. The van der Waals surface area contributed by atoms with Gasteiger partial charge in [-0.15, -0.1) is 6.58 Å². The lowest BCUT2D eigenvalue weighted by Crippen LogP contribution is -2.21. The summed E-state index contributed by atoms with van der Waals surface area (Å²) in [5, 5.41) is 3.53. The zero-order valence-electron chi connectivity index (χ0n) is 11.6. The molecule has 0 aliphatic carbocycles. The van der Waals surface area contributed by atoms with Crippen LogP contribution in [0.5, 0.6) is 0 Å². The molecule has 0 saturated heterocycles. The first-order valence-corrected chi connectivity index (χ1v) is 6.62. The smallest absolute Gasteiger partial charge is 0.117 e. The first-order chi connectivity index (χ1) is 9.15.